The van der Waals surface area contributed by atoms with Crippen LogP contribution in [0.2, 0.25) is 0 Å². The van der Waals surface area contributed by atoms with Gasteiger partial charge >= 0.3 is 0 Å². The number of nitrogens with one attached hydrogen (secondary N) is 2. The number of aromatic nitrogens is 4. The molecule has 0 spiro atoms. The molecule has 4 rings (SSSR count). The SMILES string of the molecule is C[C@H]1CCCC[C@@H]1NC(=O)CSc1nc2c(cnn2-c2ccccc2)c(=O)[nH]1. The second kappa shape index (κ2) is 8.18. The summed E-state index contributed by atoms with van der Waals surface area (Å²) >= 11 is 1.23. The zero-order valence-electron chi connectivity index (χ0n) is 15.7. The quantitative estimate of drug-likeness (QED) is 0.510. The van der Waals surface area contributed by atoms with E-state index in [0.29, 0.717) is 22.1 Å². The fourth-order valence-electron chi connectivity index (χ4n) is 3.64. The number of fused-ring (bicyclic) bond motifs is 1. The van der Waals surface area contributed by atoms with Crippen molar-refractivity contribution in [2.75, 3.05) is 5.75 Å². The molecule has 0 unspecified atom stereocenters. The Morgan fingerprint density at radius 2 is 2.07 bits per heavy atom. The lowest BCUT2D eigenvalue weighted by molar-refractivity contribution is -0.119. The first-order chi connectivity index (χ1) is 13.6. The average molecular weight is 398 g/mol. The Hall–Kier alpha value is -2.61. The van der Waals surface area contributed by atoms with E-state index in [1.807, 2.05) is 30.3 Å². The third kappa shape index (κ3) is 3.96. The number of hydrogen-bond acceptors (Lipinski definition) is 5. The van der Waals surface area contributed by atoms with Crippen LogP contribution in [-0.4, -0.2) is 37.5 Å². The van der Waals surface area contributed by atoms with Gasteiger partial charge in [-0.05, 0) is 30.9 Å². The molecule has 1 amide bonds. The fraction of sp³-hybridized carbons (Fsp3) is 0.400. The van der Waals surface area contributed by atoms with Crippen LogP contribution in [0.1, 0.15) is 32.6 Å². The van der Waals surface area contributed by atoms with Crippen molar-refractivity contribution in [2.24, 2.45) is 5.92 Å². The summed E-state index contributed by atoms with van der Waals surface area (Å²) in [5.41, 5.74) is 1.06. The van der Waals surface area contributed by atoms with Gasteiger partial charge in [0.05, 0.1) is 17.6 Å². The summed E-state index contributed by atoms with van der Waals surface area (Å²) in [6.07, 6.45) is 6.11. The molecule has 1 saturated carbocycles. The summed E-state index contributed by atoms with van der Waals surface area (Å²) in [4.78, 5) is 32.0. The summed E-state index contributed by atoms with van der Waals surface area (Å²) in [5.74, 6) is 0.706. The Balaban J connectivity index is 1.50. The standard InChI is InChI=1S/C20H23N5O2S/c1-13-7-5-6-10-16(13)22-17(26)12-28-20-23-18-15(19(27)24-20)11-21-25(18)14-8-3-2-4-9-14/h2-4,8-9,11,13,16H,5-7,10,12H2,1H3,(H,22,26)(H,23,24,27)/t13-,16-/m0/s1. The number of benzene rings is 1. The molecule has 146 valence electrons. The van der Waals surface area contributed by atoms with Crippen molar-refractivity contribution >= 4 is 28.7 Å². The highest BCUT2D eigenvalue weighted by Gasteiger charge is 2.23. The number of nitrogens with zero attached hydrogens (tertiary/aromatic N) is 3. The molecule has 0 bridgehead atoms. The van der Waals surface area contributed by atoms with E-state index >= 15 is 0 Å². The van der Waals surface area contributed by atoms with Gasteiger partial charge in [0.25, 0.3) is 5.56 Å². The normalized spacial score (nSPS) is 19.6. The van der Waals surface area contributed by atoms with Crippen LogP contribution >= 0.6 is 11.8 Å². The molecule has 3 aromatic rings. The molecule has 0 aliphatic heterocycles. The maximum Gasteiger partial charge on any atom is 0.262 e. The summed E-state index contributed by atoms with van der Waals surface area (Å²) in [6.45, 7) is 2.19. The molecule has 28 heavy (non-hydrogen) atoms. The van der Waals surface area contributed by atoms with E-state index in [-0.39, 0.29) is 23.3 Å². The van der Waals surface area contributed by atoms with Gasteiger partial charge in [0.15, 0.2) is 10.8 Å². The third-order valence-electron chi connectivity index (χ3n) is 5.21. The maximum absolute atomic E-state index is 12.4. The number of carbonyl (C=O) groups excluding carboxylic acids is 1. The number of H-pyrrole nitrogens is 1. The Morgan fingerprint density at radius 3 is 2.86 bits per heavy atom. The first-order valence-corrected chi connectivity index (χ1v) is 10.6. The third-order valence-corrected chi connectivity index (χ3v) is 6.09. The van der Waals surface area contributed by atoms with Gasteiger partial charge < -0.3 is 10.3 Å². The van der Waals surface area contributed by atoms with E-state index in [2.05, 4.69) is 27.3 Å². The molecule has 1 aliphatic rings. The summed E-state index contributed by atoms with van der Waals surface area (Å²) in [5, 5.41) is 8.26. The number of rotatable bonds is 5. The topological polar surface area (TPSA) is 92.7 Å². The van der Waals surface area contributed by atoms with Gasteiger partial charge in [-0.2, -0.15) is 5.10 Å². The van der Waals surface area contributed by atoms with Crippen molar-refractivity contribution in [2.45, 2.75) is 43.8 Å². The first kappa shape index (κ1) is 18.7. The van der Waals surface area contributed by atoms with Gasteiger partial charge in [0.1, 0.15) is 5.39 Å². The van der Waals surface area contributed by atoms with Gasteiger partial charge in [-0.15, -0.1) is 0 Å². The number of carbonyl (C=O) groups is 1. The molecule has 8 heteroatoms. The Kier molecular flexibility index (Phi) is 5.47. The molecule has 2 aromatic heterocycles. The van der Waals surface area contributed by atoms with Crippen LogP contribution in [0, 0.1) is 5.92 Å². The van der Waals surface area contributed by atoms with Crippen molar-refractivity contribution < 1.29 is 4.79 Å². The van der Waals surface area contributed by atoms with Crippen LogP contribution in [0.4, 0.5) is 0 Å². The zero-order chi connectivity index (χ0) is 19.5. The number of para-hydroxylation sites is 1. The number of amides is 1. The van der Waals surface area contributed by atoms with Crippen molar-refractivity contribution in [1.82, 2.24) is 25.1 Å². The molecular formula is C20H23N5O2S. The van der Waals surface area contributed by atoms with Crippen molar-refractivity contribution in [1.29, 1.82) is 0 Å². The average Bonchev–Trinajstić information content (AvgIpc) is 3.13. The smallest absolute Gasteiger partial charge is 0.262 e. The lowest BCUT2D eigenvalue weighted by Crippen LogP contribution is -2.41. The Bertz CT molecular complexity index is 1030. The van der Waals surface area contributed by atoms with Gasteiger partial charge in [-0.3, -0.25) is 9.59 Å². The Labute approximate surface area is 166 Å². The largest absolute Gasteiger partial charge is 0.352 e. The van der Waals surface area contributed by atoms with Gasteiger partial charge in [-0.25, -0.2) is 9.67 Å². The minimum absolute atomic E-state index is 0.0249. The maximum atomic E-state index is 12.4. The lowest BCUT2D eigenvalue weighted by atomic mass is 9.86. The highest BCUT2D eigenvalue weighted by Crippen LogP contribution is 2.24. The van der Waals surface area contributed by atoms with E-state index in [4.69, 9.17) is 0 Å². The monoisotopic (exact) mass is 397 g/mol. The van der Waals surface area contributed by atoms with Crippen LogP contribution in [0.25, 0.3) is 16.7 Å². The minimum atomic E-state index is -0.254. The van der Waals surface area contributed by atoms with Gasteiger partial charge in [-0.1, -0.05) is 49.7 Å². The molecule has 1 fully saturated rings. The Morgan fingerprint density at radius 1 is 1.29 bits per heavy atom. The molecule has 2 heterocycles. The molecule has 2 atom stereocenters. The molecule has 1 aliphatic carbocycles. The van der Waals surface area contributed by atoms with Crippen LogP contribution in [0.5, 0.6) is 0 Å². The summed E-state index contributed by atoms with van der Waals surface area (Å²) in [7, 11) is 0. The van der Waals surface area contributed by atoms with Crippen molar-refractivity contribution in [3.8, 4) is 5.69 Å². The molecule has 2 N–H and O–H groups in total. The molecule has 0 radical (unpaired) electrons. The van der Waals surface area contributed by atoms with E-state index in [9.17, 15) is 9.59 Å². The second-order valence-corrected chi connectivity index (χ2v) is 8.19. The number of hydrogen-bond donors (Lipinski definition) is 2. The van der Waals surface area contributed by atoms with E-state index in [1.165, 1.54) is 24.4 Å². The summed E-state index contributed by atoms with van der Waals surface area (Å²) < 4.78 is 1.64. The van der Waals surface area contributed by atoms with Crippen LogP contribution in [0.3, 0.4) is 0 Å². The van der Waals surface area contributed by atoms with Crippen LogP contribution in [0.15, 0.2) is 46.5 Å². The predicted octanol–water partition coefficient (Wildman–Crippen LogP) is 2.90. The highest BCUT2D eigenvalue weighted by atomic mass is 32.2. The van der Waals surface area contributed by atoms with E-state index < -0.39 is 0 Å². The minimum Gasteiger partial charge on any atom is -0.352 e. The van der Waals surface area contributed by atoms with Gasteiger partial charge in [0.2, 0.25) is 5.91 Å². The lowest BCUT2D eigenvalue weighted by Gasteiger charge is -2.29. The molecule has 7 nitrogen and oxygen atoms in total. The highest BCUT2D eigenvalue weighted by molar-refractivity contribution is 7.99. The first-order valence-electron chi connectivity index (χ1n) is 9.57. The predicted molar refractivity (Wildman–Crippen MR) is 110 cm³/mol. The summed E-state index contributed by atoms with van der Waals surface area (Å²) in [6, 6.07) is 9.78. The molecule has 0 saturated heterocycles. The molecular weight excluding hydrogens is 374 g/mol. The second-order valence-electron chi connectivity index (χ2n) is 7.22. The van der Waals surface area contributed by atoms with E-state index in [0.717, 1.165) is 24.9 Å². The van der Waals surface area contributed by atoms with Gasteiger partial charge in [0, 0.05) is 6.04 Å². The number of thioether (sulfide) groups is 1. The zero-order valence-corrected chi connectivity index (χ0v) is 16.5. The van der Waals surface area contributed by atoms with Crippen molar-refractivity contribution in [3.05, 3.63) is 46.9 Å². The number of aromatic amines is 1. The van der Waals surface area contributed by atoms with E-state index in [1.54, 1.807) is 4.68 Å². The molecule has 1 aromatic carbocycles. The van der Waals surface area contributed by atoms with Crippen LogP contribution < -0.4 is 10.9 Å². The fourth-order valence-corrected chi connectivity index (χ4v) is 4.30. The van der Waals surface area contributed by atoms with Crippen molar-refractivity contribution in [3.63, 3.8) is 0 Å². The van der Waals surface area contributed by atoms with Crippen LogP contribution in [-0.2, 0) is 4.79 Å².